The first-order valence-electron chi connectivity index (χ1n) is 11.6. The summed E-state index contributed by atoms with van der Waals surface area (Å²) in [5.74, 6) is -0.0340. The highest BCUT2D eigenvalue weighted by atomic mass is 35.5. The number of nitrogens with one attached hydrogen (secondary N) is 1. The molecule has 0 unspecified atom stereocenters. The molecule has 0 spiro atoms. The van der Waals surface area contributed by atoms with Gasteiger partial charge >= 0.3 is 0 Å². The summed E-state index contributed by atoms with van der Waals surface area (Å²) in [4.78, 5) is 22.8. The van der Waals surface area contributed by atoms with Gasteiger partial charge in [-0.15, -0.1) is 0 Å². The van der Waals surface area contributed by atoms with Crippen LogP contribution in [-0.4, -0.2) is 23.1 Å². The Morgan fingerprint density at radius 1 is 1.11 bits per heavy atom. The van der Waals surface area contributed by atoms with Crippen molar-refractivity contribution in [2.24, 2.45) is 4.99 Å². The Morgan fingerprint density at radius 3 is 2.68 bits per heavy atom. The number of fused-ring (bicyclic) bond motifs is 2. The molecule has 2 N–H and O–H groups in total. The molecule has 2 heterocycles. The van der Waals surface area contributed by atoms with Gasteiger partial charge in [0.1, 0.15) is 11.3 Å². The third-order valence-corrected chi connectivity index (χ3v) is 6.59. The van der Waals surface area contributed by atoms with Crippen LogP contribution in [0.3, 0.4) is 0 Å². The van der Waals surface area contributed by atoms with E-state index < -0.39 is 5.91 Å². The van der Waals surface area contributed by atoms with E-state index in [2.05, 4.69) is 10.3 Å². The summed E-state index contributed by atoms with van der Waals surface area (Å²) in [7, 11) is 1.51. The summed E-state index contributed by atoms with van der Waals surface area (Å²) in [6, 6.07) is 18.7. The average Bonchev–Trinajstić information content (AvgIpc) is 2.91. The number of halogens is 1. The van der Waals surface area contributed by atoms with Crippen LogP contribution >= 0.6 is 11.6 Å². The zero-order valence-corrected chi connectivity index (χ0v) is 21.3. The zero-order valence-electron chi connectivity index (χ0n) is 20.5. The van der Waals surface area contributed by atoms with Gasteiger partial charge in [-0.1, -0.05) is 48.0 Å². The van der Waals surface area contributed by atoms with Gasteiger partial charge in [0.15, 0.2) is 5.58 Å². The van der Waals surface area contributed by atoms with Crippen molar-refractivity contribution in [3.63, 3.8) is 0 Å². The predicted molar refractivity (Wildman–Crippen MR) is 145 cm³/mol. The number of aliphatic hydroxyl groups excluding tert-OH is 1. The van der Waals surface area contributed by atoms with Gasteiger partial charge in [0.05, 0.1) is 30.8 Å². The topological polar surface area (TPSA) is 97.0 Å². The van der Waals surface area contributed by atoms with E-state index in [-0.39, 0.29) is 17.7 Å². The summed E-state index contributed by atoms with van der Waals surface area (Å²) < 4.78 is 11.7. The van der Waals surface area contributed by atoms with Gasteiger partial charge in [-0.05, 0) is 43.0 Å². The Balaban J connectivity index is 1.75. The number of nitrogens with zero attached hydrogens (tertiary/aromatic N) is 2. The lowest BCUT2D eigenvalue weighted by Gasteiger charge is -2.13. The molecular formula is C29H24ClN3O4. The van der Waals surface area contributed by atoms with Gasteiger partial charge in [0.2, 0.25) is 5.55 Å². The Hall–Kier alpha value is -4.20. The monoisotopic (exact) mass is 513 g/mol. The minimum absolute atomic E-state index is 0.117. The van der Waals surface area contributed by atoms with E-state index in [4.69, 9.17) is 25.7 Å². The van der Waals surface area contributed by atoms with Gasteiger partial charge < -0.3 is 19.6 Å². The molecule has 0 aliphatic carbocycles. The van der Waals surface area contributed by atoms with E-state index >= 15 is 0 Å². The maximum absolute atomic E-state index is 13.7. The molecule has 0 atom stereocenters. The van der Waals surface area contributed by atoms with Crippen LogP contribution in [0.2, 0.25) is 5.02 Å². The van der Waals surface area contributed by atoms with Crippen LogP contribution in [0.4, 0.5) is 11.4 Å². The quantitative estimate of drug-likeness (QED) is 0.290. The number of amides is 1. The molecule has 0 aliphatic rings. The third-order valence-electron chi connectivity index (χ3n) is 6.18. The molecule has 37 heavy (non-hydrogen) atoms. The van der Waals surface area contributed by atoms with Crippen LogP contribution < -0.4 is 15.6 Å². The fourth-order valence-corrected chi connectivity index (χ4v) is 4.35. The molecule has 8 heteroatoms. The number of ether oxygens (including phenoxy) is 1. The smallest absolute Gasteiger partial charge is 0.261 e. The SMILES string of the molecule is COc1cc(Cl)c(C)cc1NC(=O)c1cc2c(CO)cnc(C)c2oc1=Nc1cccc2ccccc12. The molecule has 5 rings (SSSR count). The standard InChI is InChI=1S/C29H24ClN3O4/c1-16-11-25(26(36-3)13-23(16)30)32-28(35)22-12-21-19(15-34)14-31-17(2)27(21)37-29(22)33-24-10-6-8-18-7-4-5-9-20(18)24/h4-14,34H,15H2,1-3H3,(H,32,35). The molecule has 7 nitrogen and oxygen atoms in total. The molecular weight excluding hydrogens is 490 g/mol. The lowest BCUT2D eigenvalue weighted by atomic mass is 10.1. The van der Waals surface area contributed by atoms with Crippen LogP contribution in [0.15, 0.2) is 76.3 Å². The van der Waals surface area contributed by atoms with Crippen LogP contribution in [0.5, 0.6) is 5.75 Å². The van der Waals surface area contributed by atoms with Crippen molar-refractivity contribution in [2.75, 3.05) is 12.4 Å². The summed E-state index contributed by atoms with van der Waals surface area (Å²) >= 11 is 6.24. The van der Waals surface area contributed by atoms with Gasteiger partial charge in [0.25, 0.3) is 5.91 Å². The van der Waals surface area contributed by atoms with Crippen LogP contribution in [0.25, 0.3) is 21.7 Å². The van der Waals surface area contributed by atoms with Crippen molar-refractivity contribution >= 4 is 50.6 Å². The second-order valence-corrected chi connectivity index (χ2v) is 9.01. The molecule has 2 aromatic heterocycles. The molecule has 0 aliphatic heterocycles. The second-order valence-electron chi connectivity index (χ2n) is 8.60. The normalized spacial score (nSPS) is 11.8. The number of benzene rings is 3. The first-order valence-corrected chi connectivity index (χ1v) is 12.0. The Bertz CT molecular complexity index is 1740. The molecule has 0 fully saturated rings. The van der Waals surface area contributed by atoms with Crippen molar-refractivity contribution < 1.29 is 19.1 Å². The molecule has 186 valence electrons. The molecule has 0 bridgehead atoms. The van der Waals surface area contributed by atoms with Gasteiger partial charge in [0, 0.05) is 33.6 Å². The maximum Gasteiger partial charge on any atom is 0.261 e. The maximum atomic E-state index is 13.7. The zero-order chi connectivity index (χ0) is 26.1. The first-order chi connectivity index (χ1) is 17.9. The molecule has 1 amide bonds. The highest BCUT2D eigenvalue weighted by Crippen LogP contribution is 2.32. The number of aromatic nitrogens is 1. The second kappa shape index (κ2) is 10.0. The fourth-order valence-electron chi connectivity index (χ4n) is 4.19. The summed E-state index contributed by atoms with van der Waals surface area (Å²) in [5, 5.41) is 15.8. The number of carbonyl (C=O) groups excluding carboxylic acids is 1. The van der Waals surface area contributed by atoms with E-state index in [1.54, 1.807) is 31.3 Å². The van der Waals surface area contributed by atoms with Crippen molar-refractivity contribution in [1.29, 1.82) is 0 Å². The van der Waals surface area contributed by atoms with Gasteiger partial charge in [-0.3, -0.25) is 9.78 Å². The van der Waals surface area contributed by atoms with E-state index in [0.29, 0.717) is 44.4 Å². The number of methoxy groups -OCH3 is 1. The average molecular weight is 514 g/mol. The van der Waals surface area contributed by atoms with Crippen LogP contribution in [0.1, 0.15) is 27.2 Å². The number of rotatable bonds is 5. The number of aliphatic hydroxyl groups is 1. The number of hydrogen-bond donors (Lipinski definition) is 2. The number of aryl methyl sites for hydroxylation is 2. The van der Waals surface area contributed by atoms with Crippen molar-refractivity contribution in [3.05, 3.63) is 99.8 Å². The van der Waals surface area contributed by atoms with Crippen molar-refractivity contribution in [1.82, 2.24) is 4.98 Å². The van der Waals surface area contributed by atoms with Gasteiger partial charge in [-0.25, -0.2) is 4.99 Å². The molecule has 0 radical (unpaired) electrons. The predicted octanol–water partition coefficient (Wildman–Crippen LogP) is 6.24. The van der Waals surface area contributed by atoms with E-state index in [1.165, 1.54) is 7.11 Å². The Kier molecular flexibility index (Phi) is 6.65. The number of hydrogen-bond acceptors (Lipinski definition) is 6. The minimum Gasteiger partial charge on any atom is -0.495 e. The summed E-state index contributed by atoms with van der Waals surface area (Å²) in [6.07, 6.45) is 1.57. The van der Waals surface area contributed by atoms with E-state index in [0.717, 1.165) is 16.3 Å². The third kappa shape index (κ3) is 4.67. The molecule has 3 aromatic carbocycles. The Labute approximate surface area is 218 Å². The van der Waals surface area contributed by atoms with E-state index in [1.807, 2.05) is 49.4 Å². The lowest BCUT2D eigenvalue weighted by molar-refractivity contribution is 0.102. The van der Waals surface area contributed by atoms with Gasteiger partial charge in [-0.2, -0.15) is 0 Å². The lowest BCUT2D eigenvalue weighted by Crippen LogP contribution is -2.22. The van der Waals surface area contributed by atoms with Crippen LogP contribution in [0, 0.1) is 13.8 Å². The number of pyridine rings is 1. The summed E-state index contributed by atoms with van der Waals surface area (Å²) in [6.45, 7) is 3.38. The largest absolute Gasteiger partial charge is 0.495 e. The van der Waals surface area contributed by atoms with Crippen LogP contribution in [-0.2, 0) is 6.61 Å². The molecule has 0 saturated heterocycles. The number of anilines is 1. The number of carbonyl (C=O) groups is 1. The fraction of sp³-hybridized carbons (Fsp3) is 0.138. The molecule has 5 aromatic rings. The summed E-state index contributed by atoms with van der Waals surface area (Å²) in [5.41, 5.74) is 3.80. The molecule has 0 saturated carbocycles. The van der Waals surface area contributed by atoms with Crippen molar-refractivity contribution in [3.8, 4) is 5.75 Å². The highest BCUT2D eigenvalue weighted by molar-refractivity contribution is 6.31. The Morgan fingerprint density at radius 2 is 1.89 bits per heavy atom. The minimum atomic E-state index is -0.456. The van der Waals surface area contributed by atoms with E-state index in [9.17, 15) is 9.90 Å². The first kappa shape index (κ1) is 24.5. The highest BCUT2D eigenvalue weighted by Gasteiger charge is 2.19. The van der Waals surface area contributed by atoms with Crippen molar-refractivity contribution in [2.45, 2.75) is 20.5 Å².